The third-order valence-electron chi connectivity index (χ3n) is 4.79. The predicted octanol–water partition coefficient (Wildman–Crippen LogP) is 0.613. The second-order valence-electron chi connectivity index (χ2n) is 7.86. The van der Waals surface area contributed by atoms with Crippen LogP contribution in [0.4, 0.5) is 0 Å². The summed E-state index contributed by atoms with van der Waals surface area (Å²) in [6.07, 6.45) is 1.39. The minimum absolute atomic E-state index is 0.0649. The smallest absolute Gasteiger partial charge is 0.326 e. The first-order chi connectivity index (χ1) is 14.6. The van der Waals surface area contributed by atoms with Crippen molar-refractivity contribution in [1.29, 1.82) is 0 Å². The van der Waals surface area contributed by atoms with Crippen LogP contribution in [0.15, 0.2) is 30.5 Å². The van der Waals surface area contributed by atoms with Crippen LogP contribution in [0.1, 0.15) is 32.3 Å². The van der Waals surface area contributed by atoms with Gasteiger partial charge in [-0.15, -0.1) is 0 Å². The number of aromatic nitrogens is 1. The average Bonchev–Trinajstić information content (AvgIpc) is 3.08. The van der Waals surface area contributed by atoms with E-state index in [9.17, 15) is 24.3 Å². The highest BCUT2D eigenvalue weighted by atomic mass is 16.4. The molecule has 7 N–H and O–H groups in total. The molecular formula is C21H28N4O6. The van der Waals surface area contributed by atoms with E-state index in [0.29, 0.717) is 6.42 Å². The number of fused-ring (bicyclic) bond motifs is 1. The molecule has 2 aromatic rings. The Balaban J connectivity index is 2.25. The van der Waals surface area contributed by atoms with Crippen LogP contribution >= 0.6 is 0 Å². The fourth-order valence-corrected chi connectivity index (χ4v) is 3.27. The molecule has 0 radical (unpaired) electrons. The Bertz CT molecular complexity index is 954. The summed E-state index contributed by atoms with van der Waals surface area (Å²) in [5.41, 5.74) is 7.50. The Morgan fingerprint density at radius 1 is 1.03 bits per heavy atom. The summed E-state index contributed by atoms with van der Waals surface area (Å²) in [5.74, 6) is -4.04. The first-order valence-corrected chi connectivity index (χ1v) is 9.94. The maximum absolute atomic E-state index is 12.8. The molecule has 31 heavy (non-hydrogen) atoms. The van der Waals surface area contributed by atoms with Gasteiger partial charge in [-0.1, -0.05) is 32.0 Å². The highest BCUT2D eigenvalue weighted by molar-refractivity contribution is 5.93. The van der Waals surface area contributed by atoms with E-state index in [1.54, 1.807) is 6.20 Å². The lowest BCUT2D eigenvalue weighted by molar-refractivity contribution is -0.147. The molecule has 0 bridgehead atoms. The van der Waals surface area contributed by atoms with E-state index in [1.165, 1.54) is 0 Å². The Morgan fingerprint density at radius 3 is 2.29 bits per heavy atom. The third-order valence-corrected chi connectivity index (χ3v) is 4.79. The third kappa shape index (κ3) is 6.82. The van der Waals surface area contributed by atoms with Crippen LogP contribution in [0.3, 0.4) is 0 Å². The number of carbonyl (C=O) groups is 4. The second kappa shape index (κ2) is 10.6. The van der Waals surface area contributed by atoms with Gasteiger partial charge in [-0.2, -0.15) is 0 Å². The lowest BCUT2D eigenvalue weighted by Crippen LogP contribution is -2.55. The molecule has 1 aromatic carbocycles. The van der Waals surface area contributed by atoms with E-state index in [2.05, 4.69) is 15.6 Å². The summed E-state index contributed by atoms with van der Waals surface area (Å²) in [7, 11) is 0. The molecular weight excluding hydrogens is 404 g/mol. The number of H-pyrrole nitrogens is 1. The normalized spacial score (nSPS) is 14.1. The van der Waals surface area contributed by atoms with E-state index in [-0.39, 0.29) is 12.3 Å². The molecule has 3 atom stereocenters. The molecule has 1 heterocycles. The second-order valence-corrected chi connectivity index (χ2v) is 7.86. The summed E-state index contributed by atoms with van der Waals surface area (Å²) < 4.78 is 0. The maximum atomic E-state index is 12.8. The molecule has 0 saturated heterocycles. The molecule has 2 amide bonds. The van der Waals surface area contributed by atoms with Gasteiger partial charge in [-0.25, -0.2) is 4.79 Å². The van der Waals surface area contributed by atoms with E-state index in [1.807, 2.05) is 38.1 Å². The number of carboxylic acids is 2. The van der Waals surface area contributed by atoms with Crippen LogP contribution in [-0.4, -0.2) is 57.1 Å². The zero-order valence-electron chi connectivity index (χ0n) is 17.4. The number of aromatic amines is 1. The number of benzene rings is 1. The molecule has 10 nitrogen and oxygen atoms in total. The fraction of sp³-hybridized carbons (Fsp3) is 0.429. The van der Waals surface area contributed by atoms with Gasteiger partial charge in [0.15, 0.2) is 0 Å². The van der Waals surface area contributed by atoms with Crippen molar-refractivity contribution in [3.8, 4) is 0 Å². The molecule has 0 unspecified atom stereocenters. The number of nitrogens with two attached hydrogens (primary N) is 1. The standard InChI is InChI=1S/C21H28N4O6/c1-11(2)7-14(22)19(28)24-16(20(29)25-17(21(30)31)9-18(26)27)8-12-10-23-15-6-4-3-5-13(12)15/h3-6,10-11,14,16-17,23H,7-9,22H2,1-2H3,(H,24,28)(H,25,29)(H,26,27)(H,30,31)/t14-,16-,17-/m0/s1. The summed E-state index contributed by atoms with van der Waals surface area (Å²) in [4.78, 5) is 50.8. The predicted molar refractivity (Wildman–Crippen MR) is 113 cm³/mol. The summed E-state index contributed by atoms with van der Waals surface area (Å²) in [6.45, 7) is 3.82. The van der Waals surface area contributed by atoms with E-state index < -0.39 is 48.3 Å². The Kier molecular flexibility index (Phi) is 8.14. The van der Waals surface area contributed by atoms with Gasteiger partial charge in [0, 0.05) is 23.5 Å². The molecule has 0 aliphatic carbocycles. The summed E-state index contributed by atoms with van der Waals surface area (Å²) in [6, 6.07) is 3.79. The number of nitrogens with one attached hydrogen (secondary N) is 3. The van der Waals surface area contributed by atoms with E-state index in [0.717, 1.165) is 16.5 Å². The van der Waals surface area contributed by atoms with Gasteiger partial charge in [0.1, 0.15) is 12.1 Å². The Labute approximate surface area is 179 Å². The van der Waals surface area contributed by atoms with Crippen molar-refractivity contribution in [2.24, 2.45) is 11.7 Å². The molecule has 168 valence electrons. The van der Waals surface area contributed by atoms with Gasteiger partial charge in [0.2, 0.25) is 11.8 Å². The number of hydrogen-bond acceptors (Lipinski definition) is 5. The summed E-state index contributed by atoms with van der Waals surface area (Å²) in [5, 5.41) is 23.8. The van der Waals surface area contributed by atoms with E-state index >= 15 is 0 Å². The Hall–Kier alpha value is -3.40. The van der Waals surface area contributed by atoms with Crippen molar-refractivity contribution >= 4 is 34.7 Å². The Morgan fingerprint density at radius 2 is 1.68 bits per heavy atom. The number of hydrogen-bond donors (Lipinski definition) is 6. The van der Waals surface area contributed by atoms with Crippen LogP contribution in [0.25, 0.3) is 10.9 Å². The van der Waals surface area contributed by atoms with Crippen LogP contribution < -0.4 is 16.4 Å². The largest absolute Gasteiger partial charge is 0.481 e. The first kappa shape index (κ1) is 23.9. The molecule has 0 aliphatic heterocycles. The van der Waals surface area contributed by atoms with Gasteiger partial charge >= 0.3 is 11.9 Å². The van der Waals surface area contributed by atoms with Gasteiger partial charge < -0.3 is 31.6 Å². The number of aliphatic carboxylic acids is 2. The van der Waals surface area contributed by atoms with Crippen molar-refractivity contribution < 1.29 is 29.4 Å². The molecule has 1 aromatic heterocycles. The number of carbonyl (C=O) groups excluding carboxylic acids is 2. The molecule has 0 fully saturated rings. The van der Waals surface area contributed by atoms with Crippen molar-refractivity contribution in [1.82, 2.24) is 15.6 Å². The lowest BCUT2D eigenvalue weighted by atomic mass is 10.0. The minimum atomic E-state index is -1.63. The lowest BCUT2D eigenvalue weighted by Gasteiger charge is -2.23. The first-order valence-electron chi connectivity index (χ1n) is 9.94. The zero-order valence-corrected chi connectivity index (χ0v) is 17.4. The molecule has 0 spiro atoms. The maximum Gasteiger partial charge on any atom is 0.326 e. The molecule has 0 saturated carbocycles. The van der Waals surface area contributed by atoms with Gasteiger partial charge in [0.05, 0.1) is 12.5 Å². The van der Waals surface area contributed by atoms with Gasteiger partial charge in [-0.05, 0) is 24.0 Å². The topological polar surface area (TPSA) is 175 Å². The quantitative estimate of drug-likeness (QED) is 0.301. The SMILES string of the molecule is CC(C)C[C@H](N)C(=O)N[C@@H](Cc1c[nH]c2ccccc12)C(=O)N[C@@H](CC(=O)O)C(=O)O. The van der Waals surface area contributed by atoms with E-state index in [4.69, 9.17) is 10.8 Å². The van der Waals surface area contributed by atoms with Crippen molar-refractivity contribution in [2.45, 2.75) is 51.2 Å². The number of para-hydroxylation sites is 1. The highest BCUT2D eigenvalue weighted by Gasteiger charge is 2.30. The zero-order chi connectivity index (χ0) is 23.1. The number of rotatable bonds is 11. The summed E-state index contributed by atoms with van der Waals surface area (Å²) >= 11 is 0. The van der Waals surface area contributed by atoms with Crippen LogP contribution in [0.2, 0.25) is 0 Å². The van der Waals surface area contributed by atoms with Crippen LogP contribution in [0, 0.1) is 5.92 Å². The van der Waals surface area contributed by atoms with Crippen molar-refractivity contribution in [3.05, 3.63) is 36.0 Å². The van der Waals surface area contributed by atoms with Crippen molar-refractivity contribution in [2.75, 3.05) is 0 Å². The monoisotopic (exact) mass is 432 g/mol. The average molecular weight is 432 g/mol. The molecule has 2 rings (SSSR count). The number of amides is 2. The fourth-order valence-electron chi connectivity index (χ4n) is 3.27. The highest BCUT2D eigenvalue weighted by Crippen LogP contribution is 2.19. The van der Waals surface area contributed by atoms with Crippen LogP contribution in [0.5, 0.6) is 0 Å². The molecule has 0 aliphatic rings. The molecule has 10 heteroatoms. The van der Waals surface area contributed by atoms with Gasteiger partial charge in [0.25, 0.3) is 0 Å². The van der Waals surface area contributed by atoms with Crippen molar-refractivity contribution in [3.63, 3.8) is 0 Å². The minimum Gasteiger partial charge on any atom is -0.481 e. The number of carboxylic acid groups (broad SMARTS) is 2. The van der Waals surface area contributed by atoms with Gasteiger partial charge in [-0.3, -0.25) is 14.4 Å². The van der Waals surface area contributed by atoms with Crippen LogP contribution in [-0.2, 0) is 25.6 Å².